The fourth-order valence-electron chi connectivity index (χ4n) is 2.98. The second kappa shape index (κ2) is 10.0. The van der Waals surface area contributed by atoms with Crippen LogP contribution in [-0.4, -0.2) is 30.9 Å². The van der Waals surface area contributed by atoms with Crippen molar-refractivity contribution in [2.75, 3.05) is 19.8 Å². The van der Waals surface area contributed by atoms with Gasteiger partial charge in [-0.15, -0.1) is 0 Å². The Balaban J connectivity index is 1.76. The summed E-state index contributed by atoms with van der Waals surface area (Å²) in [5, 5.41) is 6.61. The Kier molecular flexibility index (Phi) is 7.21. The summed E-state index contributed by atoms with van der Waals surface area (Å²) >= 11 is 5.28. The van der Waals surface area contributed by atoms with Gasteiger partial charge in [0, 0.05) is 12.3 Å². The summed E-state index contributed by atoms with van der Waals surface area (Å²) in [6, 6.07) is 16.7. The minimum atomic E-state index is -0.408. The zero-order valence-electron chi connectivity index (χ0n) is 16.4. The summed E-state index contributed by atoms with van der Waals surface area (Å²) in [4.78, 5) is 12.7. The Morgan fingerprint density at radius 1 is 1.03 bits per heavy atom. The second-order valence-electron chi connectivity index (χ2n) is 6.39. The van der Waals surface area contributed by atoms with E-state index in [9.17, 15) is 4.79 Å². The van der Waals surface area contributed by atoms with E-state index in [0.29, 0.717) is 35.3 Å². The van der Waals surface area contributed by atoms with Gasteiger partial charge in [0.05, 0.1) is 18.2 Å². The van der Waals surface area contributed by atoms with Gasteiger partial charge in [-0.1, -0.05) is 30.3 Å². The lowest BCUT2D eigenvalue weighted by Gasteiger charge is -2.30. The van der Waals surface area contributed by atoms with Gasteiger partial charge in [0.1, 0.15) is 18.1 Å². The molecule has 1 aliphatic heterocycles. The molecule has 0 aliphatic carbocycles. The summed E-state index contributed by atoms with van der Waals surface area (Å²) in [5.41, 5.74) is 2.04. The van der Waals surface area contributed by atoms with E-state index in [-0.39, 0.29) is 6.61 Å². The van der Waals surface area contributed by atoms with E-state index in [1.807, 2.05) is 68.4 Å². The van der Waals surface area contributed by atoms with Crippen LogP contribution < -0.4 is 15.4 Å². The number of nitrogens with one attached hydrogen (secondary N) is 2. The standard InChI is InChI=1S/C22H24N2O4S/c1-3-26-13-14-27-21(25)19-15(2)23-22(29)24-20(19)16-9-11-18(12-10-16)28-17-7-5-4-6-8-17/h4-12,20H,3,13-14H2,1-2H3,(H2,23,24,29). The molecule has 0 amide bonds. The number of para-hydroxylation sites is 1. The smallest absolute Gasteiger partial charge is 0.338 e. The molecule has 0 radical (unpaired) electrons. The highest BCUT2D eigenvalue weighted by Crippen LogP contribution is 2.30. The highest BCUT2D eigenvalue weighted by molar-refractivity contribution is 7.80. The molecule has 0 aromatic heterocycles. The molecular weight excluding hydrogens is 388 g/mol. The summed E-state index contributed by atoms with van der Waals surface area (Å²) < 4.78 is 16.4. The maximum Gasteiger partial charge on any atom is 0.338 e. The highest BCUT2D eigenvalue weighted by Gasteiger charge is 2.30. The Labute approximate surface area is 175 Å². The van der Waals surface area contributed by atoms with Crippen LogP contribution in [-0.2, 0) is 14.3 Å². The van der Waals surface area contributed by atoms with Gasteiger partial charge < -0.3 is 24.8 Å². The first kappa shape index (κ1) is 20.8. The molecule has 2 N–H and O–H groups in total. The van der Waals surface area contributed by atoms with Crippen molar-refractivity contribution in [2.45, 2.75) is 19.9 Å². The number of ether oxygens (including phenoxy) is 3. The Morgan fingerprint density at radius 2 is 1.72 bits per heavy atom. The fraction of sp³-hybridized carbons (Fsp3) is 0.273. The van der Waals surface area contributed by atoms with E-state index >= 15 is 0 Å². The number of carbonyl (C=O) groups excluding carboxylic acids is 1. The first-order chi connectivity index (χ1) is 14.1. The van der Waals surface area contributed by atoms with Crippen LogP contribution >= 0.6 is 12.2 Å². The zero-order valence-corrected chi connectivity index (χ0v) is 17.3. The van der Waals surface area contributed by atoms with Gasteiger partial charge in [-0.3, -0.25) is 0 Å². The lowest BCUT2D eigenvalue weighted by atomic mass is 9.95. The number of esters is 1. The molecule has 0 saturated heterocycles. The average Bonchev–Trinajstić information content (AvgIpc) is 2.72. The monoisotopic (exact) mass is 412 g/mol. The van der Waals surface area contributed by atoms with Crippen LogP contribution in [0.1, 0.15) is 25.5 Å². The molecule has 1 aliphatic rings. The van der Waals surface area contributed by atoms with Crippen molar-refractivity contribution in [3.05, 3.63) is 71.4 Å². The van der Waals surface area contributed by atoms with E-state index in [0.717, 1.165) is 11.3 Å². The normalized spacial score (nSPS) is 16.1. The lowest BCUT2D eigenvalue weighted by Crippen LogP contribution is -2.45. The Morgan fingerprint density at radius 3 is 2.41 bits per heavy atom. The van der Waals surface area contributed by atoms with E-state index in [2.05, 4.69) is 10.6 Å². The molecule has 0 saturated carbocycles. The summed E-state index contributed by atoms with van der Waals surface area (Å²) in [7, 11) is 0. The van der Waals surface area contributed by atoms with Gasteiger partial charge in [-0.25, -0.2) is 4.79 Å². The summed E-state index contributed by atoms with van der Waals surface area (Å²) in [5.74, 6) is 1.06. The quantitative estimate of drug-likeness (QED) is 0.388. The molecule has 7 heteroatoms. The van der Waals surface area contributed by atoms with Crippen molar-refractivity contribution in [3.63, 3.8) is 0 Å². The highest BCUT2D eigenvalue weighted by atomic mass is 32.1. The largest absolute Gasteiger partial charge is 0.460 e. The van der Waals surface area contributed by atoms with E-state index in [1.165, 1.54) is 0 Å². The number of benzene rings is 2. The predicted molar refractivity (Wildman–Crippen MR) is 115 cm³/mol. The van der Waals surface area contributed by atoms with Crippen molar-refractivity contribution >= 4 is 23.3 Å². The van der Waals surface area contributed by atoms with Crippen molar-refractivity contribution in [2.24, 2.45) is 0 Å². The van der Waals surface area contributed by atoms with Gasteiger partial charge in [-0.05, 0) is 55.9 Å². The number of rotatable bonds is 8. The summed E-state index contributed by atoms with van der Waals surface area (Å²) in [6.07, 6.45) is 0. The van der Waals surface area contributed by atoms with E-state index in [4.69, 9.17) is 26.4 Å². The fourth-order valence-corrected chi connectivity index (χ4v) is 3.25. The molecule has 6 nitrogen and oxygen atoms in total. The van der Waals surface area contributed by atoms with Gasteiger partial charge in [0.2, 0.25) is 0 Å². The molecule has 2 aromatic rings. The van der Waals surface area contributed by atoms with Crippen LogP contribution in [0.5, 0.6) is 11.5 Å². The molecule has 152 valence electrons. The third kappa shape index (κ3) is 5.56. The maximum atomic E-state index is 12.7. The number of thiocarbonyl (C=S) groups is 1. The number of hydrogen-bond donors (Lipinski definition) is 2. The molecule has 29 heavy (non-hydrogen) atoms. The van der Waals surface area contributed by atoms with E-state index in [1.54, 1.807) is 0 Å². The van der Waals surface area contributed by atoms with Crippen LogP contribution in [0.25, 0.3) is 0 Å². The molecule has 1 unspecified atom stereocenters. The number of carbonyl (C=O) groups is 1. The first-order valence-electron chi connectivity index (χ1n) is 9.44. The van der Waals surface area contributed by atoms with Crippen LogP contribution in [0.2, 0.25) is 0 Å². The van der Waals surface area contributed by atoms with Crippen LogP contribution in [0.3, 0.4) is 0 Å². The average molecular weight is 413 g/mol. The molecular formula is C22H24N2O4S. The van der Waals surface area contributed by atoms with Crippen LogP contribution in [0.4, 0.5) is 0 Å². The lowest BCUT2D eigenvalue weighted by molar-refractivity contribution is -0.141. The molecule has 1 heterocycles. The van der Waals surface area contributed by atoms with Gasteiger partial charge in [0.15, 0.2) is 5.11 Å². The number of hydrogen-bond acceptors (Lipinski definition) is 5. The number of allylic oxidation sites excluding steroid dienone is 1. The molecule has 0 bridgehead atoms. The molecule has 1 atom stereocenters. The minimum Gasteiger partial charge on any atom is -0.460 e. The molecule has 3 rings (SSSR count). The molecule has 2 aromatic carbocycles. The van der Waals surface area contributed by atoms with Gasteiger partial charge in [0.25, 0.3) is 0 Å². The maximum absolute atomic E-state index is 12.7. The van der Waals surface area contributed by atoms with E-state index < -0.39 is 12.0 Å². The van der Waals surface area contributed by atoms with Crippen LogP contribution in [0, 0.1) is 0 Å². The third-order valence-corrected chi connectivity index (χ3v) is 4.57. The van der Waals surface area contributed by atoms with Crippen molar-refractivity contribution < 1.29 is 19.0 Å². The zero-order chi connectivity index (χ0) is 20.6. The van der Waals surface area contributed by atoms with Crippen molar-refractivity contribution in [3.8, 4) is 11.5 Å². The molecule has 0 fully saturated rings. The van der Waals surface area contributed by atoms with Crippen molar-refractivity contribution in [1.82, 2.24) is 10.6 Å². The molecule has 0 spiro atoms. The Hall–Kier alpha value is -2.90. The van der Waals surface area contributed by atoms with Crippen molar-refractivity contribution in [1.29, 1.82) is 0 Å². The Bertz CT molecular complexity index is 881. The first-order valence-corrected chi connectivity index (χ1v) is 9.85. The second-order valence-corrected chi connectivity index (χ2v) is 6.80. The van der Waals surface area contributed by atoms with Gasteiger partial charge in [-0.2, -0.15) is 0 Å². The predicted octanol–water partition coefficient (Wildman–Crippen LogP) is 3.85. The summed E-state index contributed by atoms with van der Waals surface area (Å²) in [6.45, 7) is 4.85. The van der Waals surface area contributed by atoms with Gasteiger partial charge >= 0.3 is 5.97 Å². The van der Waals surface area contributed by atoms with Crippen LogP contribution in [0.15, 0.2) is 65.9 Å². The SMILES string of the molecule is CCOCCOC(=O)C1=C(C)NC(=S)NC1c1ccc(Oc2ccccc2)cc1. The topological polar surface area (TPSA) is 68.8 Å². The third-order valence-electron chi connectivity index (χ3n) is 4.35. The minimum absolute atomic E-state index is 0.199.